The van der Waals surface area contributed by atoms with Crippen LogP contribution in [0.25, 0.3) is 16.6 Å². The number of hydrogen-bond donors (Lipinski definition) is 0. The van der Waals surface area contributed by atoms with Gasteiger partial charge in [0, 0.05) is 9.86 Å². The normalized spacial score (nSPS) is 10.9. The second-order valence-corrected chi connectivity index (χ2v) is 5.37. The molecule has 2 aromatic carbocycles. The zero-order valence-corrected chi connectivity index (χ0v) is 11.9. The summed E-state index contributed by atoms with van der Waals surface area (Å²) >= 11 is 7.08. The Balaban J connectivity index is 2.28. The van der Waals surface area contributed by atoms with Gasteiger partial charge in [0.25, 0.3) is 0 Å². The van der Waals surface area contributed by atoms with Crippen molar-refractivity contribution < 1.29 is 0 Å². The van der Waals surface area contributed by atoms with Crippen LogP contribution in [0.4, 0.5) is 0 Å². The summed E-state index contributed by atoms with van der Waals surface area (Å²) in [6.45, 7) is 0. The van der Waals surface area contributed by atoms with Crippen LogP contribution in [0, 0.1) is 0 Å². The fourth-order valence-electron chi connectivity index (χ4n) is 1.77. The van der Waals surface area contributed by atoms with Crippen LogP contribution in [0.1, 0.15) is 0 Å². The van der Waals surface area contributed by atoms with Crippen molar-refractivity contribution in [2.45, 2.75) is 0 Å². The number of halogens is 2. The van der Waals surface area contributed by atoms with Crippen LogP contribution in [0.5, 0.6) is 0 Å². The fourth-order valence-corrected chi connectivity index (χ4v) is 2.73. The first-order valence-corrected chi connectivity index (χ1v) is 6.73. The van der Waals surface area contributed by atoms with Crippen molar-refractivity contribution in [2.75, 3.05) is 0 Å². The maximum absolute atomic E-state index is 4.57. The van der Waals surface area contributed by atoms with Crippen molar-refractivity contribution in [3.8, 4) is 5.69 Å². The summed E-state index contributed by atoms with van der Waals surface area (Å²) in [5, 5.41) is 5.67. The van der Waals surface area contributed by atoms with Gasteiger partial charge in [-0.05, 0) is 46.3 Å². The molecule has 0 N–H and O–H groups in total. The van der Waals surface area contributed by atoms with Gasteiger partial charge >= 0.3 is 0 Å². The van der Waals surface area contributed by atoms with Crippen molar-refractivity contribution in [2.24, 2.45) is 0 Å². The molecule has 4 heteroatoms. The predicted molar refractivity (Wildman–Crippen MR) is 76.5 cm³/mol. The minimum absolute atomic E-state index is 0.972. The maximum atomic E-state index is 4.57. The largest absolute Gasteiger partial charge is 0.225 e. The maximum Gasteiger partial charge on any atom is 0.117 e. The van der Waals surface area contributed by atoms with Crippen LogP contribution >= 0.6 is 31.9 Å². The Morgan fingerprint density at radius 1 is 0.941 bits per heavy atom. The topological polar surface area (TPSA) is 17.8 Å². The molecule has 0 radical (unpaired) electrons. The van der Waals surface area contributed by atoms with Gasteiger partial charge in [-0.1, -0.05) is 34.1 Å². The average molecular weight is 352 g/mol. The number of para-hydroxylation sites is 1. The SMILES string of the molecule is Brc1ccc2nn(-c3ccccc3)c(Br)c2c1. The zero-order chi connectivity index (χ0) is 11.8. The molecule has 1 heterocycles. The highest BCUT2D eigenvalue weighted by molar-refractivity contribution is 9.11. The van der Waals surface area contributed by atoms with Gasteiger partial charge in [-0.2, -0.15) is 5.10 Å². The summed E-state index contributed by atoms with van der Waals surface area (Å²) in [6.07, 6.45) is 0. The molecule has 2 nitrogen and oxygen atoms in total. The van der Waals surface area contributed by atoms with Gasteiger partial charge in [-0.15, -0.1) is 0 Å². The third-order valence-electron chi connectivity index (χ3n) is 2.58. The molecule has 0 saturated heterocycles. The molecule has 3 aromatic rings. The van der Waals surface area contributed by atoms with E-state index >= 15 is 0 Å². The third-order valence-corrected chi connectivity index (χ3v) is 3.83. The highest BCUT2D eigenvalue weighted by Crippen LogP contribution is 2.28. The van der Waals surface area contributed by atoms with Gasteiger partial charge in [-0.3, -0.25) is 0 Å². The van der Waals surface area contributed by atoms with Crippen LogP contribution in [0.2, 0.25) is 0 Å². The molecule has 1 aromatic heterocycles. The van der Waals surface area contributed by atoms with E-state index in [0.29, 0.717) is 0 Å². The van der Waals surface area contributed by atoms with Crippen LogP contribution in [0.15, 0.2) is 57.6 Å². The molecule has 0 amide bonds. The molecule has 0 aliphatic carbocycles. The summed E-state index contributed by atoms with van der Waals surface area (Å²) < 4.78 is 3.93. The number of aromatic nitrogens is 2. The molecular weight excluding hydrogens is 344 g/mol. The van der Waals surface area contributed by atoms with E-state index < -0.39 is 0 Å². The fraction of sp³-hybridized carbons (Fsp3) is 0. The van der Waals surface area contributed by atoms with E-state index in [1.807, 2.05) is 47.1 Å². The second-order valence-electron chi connectivity index (χ2n) is 3.70. The van der Waals surface area contributed by atoms with Gasteiger partial charge in [0.15, 0.2) is 0 Å². The molecule has 0 unspecified atom stereocenters. The minimum atomic E-state index is 0.972. The smallest absolute Gasteiger partial charge is 0.117 e. The lowest BCUT2D eigenvalue weighted by atomic mass is 10.3. The van der Waals surface area contributed by atoms with Crippen LogP contribution in [-0.4, -0.2) is 9.78 Å². The lowest BCUT2D eigenvalue weighted by Gasteiger charge is -2.01. The van der Waals surface area contributed by atoms with E-state index in [2.05, 4.69) is 43.0 Å². The predicted octanol–water partition coefficient (Wildman–Crippen LogP) is 4.55. The summed E-state index contributed by atoms with van der Waals surface area (Å²) in [7, 11) is 0. The number of rotatable bonds is 1. The average Bonchev–Trinajstić information content (AvgIpc) is 2.68. The van der Waals surface area contributed by atoms with Gasteiger partial charge in [0.1, 0.15) is 4.60 Å². The third kappa shape index (κ3) is 1.91. The number of hydrogen-bond acceptors (Lipinski definition) is 1. The van der Waals surface area contributed by atoms with E-state index in [1.54, 1.807) is 0 Å². The molecular formula is C13H8Br2N2. The lowest BCUT2D eigenvalue weighted by Crippen LogP contribution is -1.95. The summed E-state index contributed by atoms with van der Waals surface area (Å²) in [6, 6.07) is 16.1. The van der Waals surface area contributed by atoms with E-state index in [1.165, 1.54) is 0 Å². The van der Waals surface area contributed by atoms with Crippen molar-refractivity contribution in [3.63, 3.8) is 0 Å². The highest BCUT2D eigenvalue weighted by Gasteiger charge is 2.09. The van der Waals surface area contributed by atoms with Crippen molar-refractivity contribution >= 4 is 42.8 Å². The molecule has 0 aliphatic heterocycles. The van der Waals surface area contributed by atoms with Crippen LogP contribution in [0.3, 0.4) is 0 Å². The number of benzene rings is 2. The first-order valence-electron chi connectivity index (χ1n) is 5.15. The van der Waals surface area contributed by atoms with Crippen molar-refractivity contribution in [1.29, 1.82) is 0 Å². The van der Waals surface area contributed by atoms with Crippen LogP contribution in [-0.2, 0) is 0 Å². The Labute approximate surface area is 116 Å². The van der Waals surface area contributed by atoms with Gasteiger partial charge in [0.05, 0.1) is 11.2 Å². The molecule has 0 bridgehead atoms. The Morgan fingerprint density at radius 3 is 2.47 bits per heavy atom. The quantitative estimate of drug-likeness (QED) is 0.628. The molecule has 3 rings (SSSR count). The van der Waals surface area contributed by atoms with Crippen molar-refractivity contribution in [1.82, 2.24) is 9.78 Å². The second kappa shape index (κ2) is 4.27. The van der Waals surface area contributed by atoms with E-state index in [9.17, 15) is 0 Å². The number of fused-ring (bicyclic) bond motifs is 1. The van der Waals surface area contributed by atoms with E-state index in [4.69, 9.17) is 0 Å². The number of nitrogens with zero attached hydrogens (tertiary/aromatic N) is 2. The lowest BCUT2D eigenvalue weighted by molar-refractivity contribution is 0.876. The Kier molecular flexibility index (Phi) is 2.76. The summed E-state index contributed by atoms with van der Waals surface area (Å²) in [5.41, 5.74) is 2.02. The molecule has 0 fully saturated rings. The molecule has 0 aliphatic rings. The first-order chi connectivity index (χ1) is 8.25. The minimum Gasteiger partial charge on any atom is -0.225 e. The van der Waals surface area contributed by atoms with E-state index in [0.717, 1.165) is 25.7 Å². The standard InChI is InChI=1S/C13H8Br2N2/c14-9-6-7-12-11(8-9)13(15)17(16-12)10-4-2-1-3-5-10/h1-8H. The van der Waals surface area contributed by atoms with E-state index in [-0.39, 0.29) is 0 Å². The zero-order valence-electron chi connectivity index (χ0n) is 8.77. The summed E-state index contributed by atoms with van der Waals surface area (Å²) in [5.74, 6) is 0. The monoisotopic (exact) mass is 350 g/mol. The van der Waals surface area contributed by atoms with Crippen molar-refractivity contribution in [3.05, 3.63) is 57.6 Å². The molecule has 0 atom stereocenters. The molecule has 0 spiro atoms. The Hall–Kier alpha value is -1.13. The molecule has 0 saturated carbocycles. The highest BCUT2D eigenvalue weighted by atomic mass is 79.9. The van der Waals surface area contributed by atoms with Gasteiger partial charge in [-0.25, -0.2) is 4.68 Å². The molecule has 84 valence electrons. The van der Waals surface area contributed by atoms with Gasteiger partial charge < -0.3 is 0 Å². The first kappa shape index (κ1) is 11.0. The summed E-state index contributed by atoms with van der Waals surface area (Å²) in [4.78, 5) is 0. The van der Waals surface area contributed by atoms with Crippen LogP contribution < -0.4 is 0 Å². The van der Waals surface area contributed by atoms with Gasteiger partial charge in [0.2, 0.25) is 0 Å². The Morgan fingerprint density at radius 2 is 1.71 bits per heavy atom. The molecule has 17 heavy (non-hydrogen) atoms. The Bertz CT molecular complexity index is 674.